The number of ether oxygens (including phenoxy) is 1. The average molecular weight is 310 g/mol. The zero-order valence-electron chi connectivity index (χ0n) is 13.6. The highest BCUT2D eigenvalue weighted by molar-refractivity contribution is 5.49. The van der Waals surface area contributed by atoms with Crippen LogP contribution < -0.4 is 4.74 Å². The molecule has 23 heavy (non-hydrogen) atoms. The molecule has 1 amide bonds. The molecular weight excluding hydrogens is 288 g/mol. The smallest absolute Gasteiger partial charge is 0.210 e. The summed E-state index contributed by atoms with van der Waals surface area (Å²) in [4.78, 5) is 17.7. The van der Waals surface area contributed by atoms with Gasteiger partial charge in [0.2, 0.25) is 6.41 Å². The highest BCUT2D eigenvalue weighted by atomic mass is 16.5. The van der Waals surface area contributed by atoms with Crippen molar-refractivity contribution in [2.75, 3.05) is 7.11 Å². The highest BCUT2D eigenvalue weighted by Gasteiger charge is 2.34. The van der Waals surface area contributed by atoms with Gasteiger partial charge in [-0.1, -0.05) is 18.2 Å². The van der Waals surface area contributed by atoms with Crippen LogP contribution in [0.15, 0.2) is 42.6 Å². The molecule has 0 atom stereocenters. The zero-order valence-corrected chi connectivity index (χ0v) is 13.6. The molecule has 4 nitrogen and oxygen atoms in total. The van der Waals surface area contributed by atoms with Gasteiger partial charge in [-0.15, -0.1) is 0 Å². The van der Waals surface area contributed by atoms with E-state index in [9.17, 15) is 4.79 Å². The molecule has 4 heteroatoms. The van der Waals surface area contributed by atoms with Gasteiger partial charge in [0.25, 0.3) is 0 Å². The predicted octanol–water partition coefficient (Wildman–Crippen LogP) is 3.30. The van der Waals surface area contributed by atoms with Crippen molar-refractivity contribution in [1.82, 2.24) is 9.88 Å². The molecular formula is C19H22N2O2. The standard InChI is InChI=1S/C19H22N2O2/c1-14-5-4-8-20-19(14)12-21(13-22)17-9-16(10-17)15-6-3-7-18(11-15)23-2/h3-8,11,13,16-17H,9-10,12H2,1-2H3. The van der Waals surface area contributed by atoms with Crippen molar-refractivity contribution in [3.8, 4) is 5.75 Å². The highest BCUT2D eigenvalue weighted by Crippen LogP contribution is 2.40. The molecule has 1 aliphatic rings. The Morgan fingerprint density at radius 2 is 2.13 bits per heavy atom. The Hall–Kier alpha value is -2.36. The minimum Gasteiger partial charge on any atom is -0.497 e. The van der Waals surface area contributed by atoms with E-state index >= 15 is 0 Å². The van der Waals surface area contributed by atoms with E-state index in [-0.39, 0.29) is 0 Å². The molecule has 0 aliphatic heterocycles. The SMILES string of the molecule is COc1cccc(C2CC(N(C=O)Cc3ncccc3C)C2)c1. The minimum absolute atomic E-state index is 0.296. The molecule has 0 bridgehead atoms. The lowest BCUT2D eigenvalue weighted by Crippen LogP contribution is -2.42. The first-order chi connectivity index (χ1) is 11.2. The molecule has 0 saturated heterocycles. The summed E-state index contributed by atoms with van der Waals surface area (Å²) in [6, 6.07) is 12.5. The molecule has 0 radical (unpaired) electrons. The van der Waals surface area contributed by atoms with E-state index in [2.05, 4.69) is 17.1 Å². The topological polar surface area (TPSA) is 42.4 Å². The molecule has 3 rings (SSSR count). The average Bonchev–Trinajstić information content (AvgIpc) is 2.54. The molecule has 2 aromatic rings. The number of amides is 1. The van der Waals surface area contributed by atoms with E-state index in [0.717, 1.165) is 36.3 Å². The summed E-state index contributed by atoms with van der Waals surface area (Å²) in [5, 5.41) is 0. The van der Waals surface area contributed by atoms with Crippen LogP contribution in [0.25, 0.3) is 0 Å². The Balaban J connectivity index is 1.62. The van der Waals surface area contributed by atoms with Gasteiger partial charge in [0.05, 0.1) is 19.3 Å². The van der Waals surface area contributed by atoms with Crippen molar-refractivity contribution in [1.29, 1.82) is 0 Å². The van der Waals surface area contributed by atoms with Crippen LogP contribution in [0.2, 0.25) is 0 Å². The first-order valence-electron chi connectivity index (χ1n) is 7.96. The van der Waals surface area contributed by atoms with Gasteiger partial charge in [-0.3, -0.25) is 9.78 Å². The number of nitrogens with zero attached hydrogens (tertiary/aromatic N) is 2. The second-order valence-corrected chi connectivity index (χ2v) is 6.14. The molecule has 1 aromatic carbocycles. The Kier molecular flexibility index (Phi) is 4.60. The third kappa shape index (κ3) is 3.36. The molecule has 0 N–H and O–H groups in total. The first kappa shape index (κ1) is 15.5. The number of aryl methyl sites for hydroxylation is 1. The summed E-state index contributed by atoms with van der Waals surface area (Å²) in [5.74, 6) is 1.39. The lowest BCUT2D eigenvalue weighted by atomic mass is 9.75. The van der Waals surface area contributed by atoms with Gasteiger partial charge < -0.3 is 9.64 Å². The van der Waals surface area contributed by atoms with Gasteiger partial charge in [-0.05, 0) is 55.0 Å². The number of carbonyl (C=O) groups excluding carboxylic acids is 1. The van der Waals surface area contributed by atoms with Crippen LogP contribution in [-0.4, -0.2) is 29.4 Å². The number of rotatable bonds is 6. The molecule has 0 unspecified atom stereocenters. The van der Waals surface area contributed by atoms with Crippen LogP contribution in [0.5, 0.6) is 5.75 Å². The van der Waals surface area contributed by atoms with Gasteiger partial charge in [0, 0.05) is 12.2 Å². The van der Waals surface area contributed by atoms with Gasteiger partial charge in [0.1, 0.15) is 5.75 Å². The number of methoxy groups -OCH3 is 1. The Morgan fingerprint density at radius 3 is 2.83 bits per heavy atom. The van der Waals surface area contributed by atoms with E-state index in [4.69, 9.17) is 4.74 Å². The normalized spacial score (nSPS) is 19.7. The van der Waals surface area contributed by atoms with Crippen LogP contribution in [0.4, 0.5) is 0 Å². The van der Waals surface area contributed by atoms with Crippen LogP contribution >= 0.6 is 0 Å². The number of hydrogen-bond donors (Lipinski definition) is 0. The number of hydrogen-bond acceptors (Lipinski definition) is 3. The molecule has 120 valence electrons. The van der Waals surface area contributed by atoms with E-state index in [1.807, 2.05) is 36.1 Å². The summed E-state index contributed by atoms with van der Waals surface area (Å²) in [6.07, 6.45) is 4.74. The maximum Gasteiger partial charge on any atom is 0.210 e. The van der Waals surface area contributed by atoms with Gasteiger partial charge >= 0.3 is 0 Å². The van der Waals surface area contributed by atoms with Crippen molar-refractivity contribution in [3.05, 3.63) is 59.4 Å². The second-order valence-electron chi connectivity index (χ2n) is 6.14. The third-order valence-corrected chi connectivity index (χ3v) is 4.73. The number of aromatic nitrogens is 1. The summed E-state index contributed by atoms with van der Waals surface area (Å²) < 4.78 is 5.29. The maximum absolute atomic E-state index is 11.5. The Morgan fingerprint density at radius 1 is 1.30 bits per heavy atom. The summed E-state index contributed by atoms with van der Waals surface area (Å²) in [6.45, 7) is 2.62. The van der Waals surface area contributed by atoms with Crippen molar-refractivity contribution in [3.63, 3.8) is 0 Å². The third-order valence-electron chi connectivity index (χ3n) is 4.73. The van der Waals surface area contributed by atoms with Crippen molar-refractivity contribution >= 4 is 6.41 Å². The van der Waals surface area contributed by atoms with E-state index in [0.29, 0.717) is 18.5 Å². The lowest BCUT2D eigenvalue weighted by Gasteiger charge is -2.41. The minimum atomic E-state index is 0.296. The fourth-order valence-electron chi connectivity index (χ4n) is 3.14. The lowest BCUT2D eigenvalue weighted by molar-refractivity contribution is -0.122. The monoisotopic (exact) mass is 310 g/mol. The fraction of sp³-hybridized carbons (Fsp3) is 0.368. The van der Waals surface area contributed by atoms with Crippen LogP contribution in [-0.2, 0) is 11.3 Å². The van der Waals surface area contributed by atoms with Gasteiger partial charge in [0.15, 0.2) is 0 Å². The number of benzene rings is 1. The van der Waals surface area contributed by atoms with Crippen LogP contribution in [0.1, 0.15) is 35.6 Å². The Bertz CT molecular complexity index is 681. The second kappa shape index (κ2) is 6.82. The van der Waals surface area contributed by atoms with Gasteiger partial charge in [-0.25, -0.2) is 0 Å². The summed E-state index contributed by atoms with van der Waals surface area (Å²) in [7, 11) is 1.69. The maximum atomic E-state index is 11.5. The van der Waals surface area contributed by atoms with Crippen molar-refractivity contribution < 1.29 is 9.53 Å². The Labute approximate surface area is 137 Å². The largest absolute Gasteiger partial charge is 0.497 e. The quantitative estimate of drug-likeness (QED) is 0.769. The van der Waals surface area contributed by atoms with E-state index < -0.39 is 0 Å². The summed E-state index contributed by atoms with van der Waals surface area (Å²) >= 11 is 0. The van der Waals surface area contributed by atoms with Crippen molar-refractivity contribution in [2.24, 2.45) is 0 Å². The molecule has 1 aromatic heterocycles. The molecule has 1 fully saturated rings. The number of pyridine rings is 1. The number of carbonyl (C=O) groups is 1. The molecule has 0 spiro atoms. The van der Waals surface area contributed by atoms with Crippen molar-refractivity contribution in [2.45, 2.75) is 38.3 Å². The molecule has 1 saturated carbocycles. The zero-order chi connectivity index (χ0) is 16.2. The predicted molar refractivity (Wildman–Crippen MR) is 89.3 cm³/mol. The first-order valence-corrected chi connectivity index (χ1v) is 7.96. The van der Waals surface area contributed by atoms with Crippen LogP contribution in [0, 0.1) is 6.92 Å². The van der Waals surface area contributed by atoms with E-state index in [1.165, 1.54) is 5.56 Å². The molecule has 1 heterocycles. The summed E-state index contributed by atoms with van der Waals surface area (Å²) in [5.41, 5.74) is 3.40. The fourth-order valence-corrected chi connectivity index (χ4v) is 3.14. The van der Waals surface area contributed by atoms with E-state index in [1.54, 1.807) is 13.3 Å². The molecule has 1 aliphatic carbocycles. The van der Waals surface area contributed by atoms with Crippen LogP contribution in [0.3, 0.4) is 0 Å². The van der Waals surface area contributed by atoms with Gasteiger partial charge in [-0.2, -0.15) is 0 Å².